The fraction of sp³-hybridized carbons (Fsp3) is 0.956. The van der Waals surface area contributed by atoms with E-state index in [1.807, 2.05) is 0 Å². The lowest BCUT2D eigenvalue weighted by Gasteiger charge is -2.21. The zero-order chi connectivity index (χ0) is 79.9. The third-order valence-electron chi connectivity index (χ3n) is 21.6. The monoisotopic (exact) mass is 1590 g/mol. The summed E-state index contributed by atoms with van der Waals surface area (Å²) >= 11 is 0. The Morgan fingerprint density at radius 3 is 0.697 bits per heavy atom. The molecule has 648 valence electrons. The van der Waals surface area contributed by atoms with Crippen LogP contribution in [0.1, 0.15) is 485 Å². The van der Waals surface area contributed by atoms with E-state index in [1.54, 1.807) is 0 Å². The smallest absolute Gasteiger partial charge is 0.462 e. The molecule has 109 heavy (non-hydrogen) atoms. The lowest BCUT2D eigenvalue weighted by atomic mass is 9.99. The first-order valence-corrected chi connectivity index (χ1v) is 49.5. The molecule has 0 fully saturated rings. The van der Waals surface area contributed by atoms with Crippen molar-refractivity contribution in [2.75, 3.05) is 39.6 Å². The second kappa shape index (κ2) is 81.2. The van der Waals surface area contributed by atoms with Crippen LogP contribution < -0.4 is 0 Å². The zero-order valence-corrected chi connectivity index (χ0v) is 73.7. The predicted molar refractivity (Wildman–Crippen MR) is 451 cm³/mol. The van der Waals surface area contributed by atoms with Crippen LogP contribution in [0.5, 0.6) is 0 Å². The molecule has 0 saturated heterocycles. The van der Waals surface area contributed by atoms with E-state index in [9.17, 15) is 43.2 Å². The maximum Gasteiger partial charge on any atom is 0.472 e. The summed E-state index contributed by atoms with van der Waals surface area (Å²) in [6, 6.07) is 0. The van der Waals surface area contributed by atoms with E-state index in [1.165, 1.54) is 295 Å². The number of hydrogen-bond acceptors (Lipinski definition) is 15. The normalized spacial score (nSPS) is 14.0. The van der Waals surface area contributed by atoms with E-state index >= 15 is 0 Å². The highest BCUT2D eigenvalue weighted by atomic mass is 31.2. The average Bonchev–Trinajstić information content (AvgIpc) is 0.905. The lowest BCUT2D eigenvalue weighted by molar-refractivity contribution is -0.161. The summed E-state index contributed by atoms with van der Waals surface area (Å²) in [6.07, 6.45) is 75.3. The maximum atomic E-state index is 13.2. The summed E-state index contributed by atoms with van der Waals surface area (Å²) in [7, 11) is -9.93. The topological polar surface area (TPSA) is 237 Å². The van der Waals surface area contributed by atoms with E-state index in [0.717, 1.165) is 102 Å². The van der Waals surface area contributed by atoms with Crippen LogP contribution in [0.25, 0.3) is 0 Å². The Morgan fingerprint density at radius 2 is 0.468 bits per heavy atom. The molecule has 0 saturated carbocycles. The lowest BCUT2D eigenvalue weighted by Crippen LogP contribution is -2.30. The quantitative estimate of drug-likeness (QED) is 0.0222. The molecule has 0 aliphatic carbocycles. The molecule has 19 heteroatoms. The van der Waals surface area contributed by atoms with Crippen molar-refractivity contribution < 1.29 is 80.2 Å². The molecule has 0 heterocycles. The SMILES string of the molecule is CCCCCCCCCCCCCCCCCCCCCCC(=O)OC[C@H](COP(=O)(O)OC[C@@H](O)COP(=O)(O)OC[C@@H](COC(=O)CCCCCCCCC(C)C)OC(=O)CCCCCCCCCCCCCCCCCCCC)OC(=O)CCCCCCCCCCCCCCCCCCCCC(C)CC. The maximum absolute atomic E-state index is 13.2. The third kappa shape index (κ3) is 82.4. The summed E-state index contributed by atoms with van der Waals surface area (Å²) in [4.78, 5) is 73.3. The minimum absolute atomic E-state index is 0.108. The Kier molecular flexibility index (Phi) is 79.8. The second-order valence-electron chi connectivity index (χ2n) is 33.1. The van der Waals surface area contributed by atoms with Crippen LogP contribution in [0.2, 0.25) is 0 Å². The first kappa shape index (κ1) is 107. The van der Waals surface area contributed by atoms with Crippen molar-refractivity contribution in [3.05, 3.63) is 0 Å². The minimum Gasteiger partial charge on any atom is -0.462 e. The van der Waals surface area contributed by atoms with Crippen LogP contribution in [0, 0.1) is 11.8 Å². The van der Waals surface area contributed by atoms with Crippen LogP contribution in [-0.4, -0.2) is 96.7 Å². The number of unbranched alkanes of at least 4 members (excludes halogenated alkanes) is 58. The number of esters is 4. The molecule has 17 nitrogen and oxygen atoms in total. The van der Waals surface area contributed by atoms with E-state index in [-0.39, 0.29) is 25.7 Å². The number of rotatable bonds is 89. The van der Waals surface area contributed by atoms with Gasteiger partial charge in [0.15, 0.2) is 12.2 Å². The molecule has 0 aromatic heterocycles. The van der Waals surface area contributed by atoms with Gasteiger partial charge in [-0.05, 0) is 37.5 Å². The Labute approximate surface area is 670 Å². The van der Waals surface area contributed by atoms with E-state index < -0.39 is 97.5 Å². The summed E-state index contributed by atoms with van der Waals surface area (Å²) in [5, 5.41) is 10.7. The van der Waals surface area contributed by atoms with Gasteiger partial charge < -0.3 is 33.8 Å². The average molecular weight is 1590 g/mol. The van der Waals surface area contributed by atoms with Crippen LogP contribution in [0.4, 0.5) is 0 Å². The van der Waals surface area contributed by atoms with Crippen molar-refractivity contribution in [2.24, 2.45) is 11.8 Å². The molecule has 6 atom stereocenters. The zero-order valence-electron chi connectivity index (χ0n) is 71.9. The summed E-state index contributed by atoms with van der Waals surface area (Å²) in [5.41, 5.74) is 0. The number of phosphoric acid groups is 2. The number of ether oxygens (including phenoxy) is 4. The molecule has 0 radical (unpaired) electrons. The van der Waals surface area contributed by atoms with Gasteiger partial charge in [-0.1, -0.05) is 433 Å². The van der Waals surface area contributed by atoms with Gasteiger partial charge in [0.25, 0.3) is 0 Å². The van der Waals surface area contributed by atoms with Crippen LogP contribution >= 0.6 is 15.6 Å². The van der Waals surface area contributed by atoms with Gasteiger partial charge >= 0.3 is 39.5 Å². The van der Waals surface area contributed by atoms with Gasteiger partial charge in [0.1, 0.15) is 19.3 Å². The molecule has 3 unspecified atom stereocenters. The number of carbonyl (C=O) groups is 4. The third-order valence-corrected chi connectivity index (χ3v) is 23.5. The van der Waals surface area contributed by atoms with Gasteiger partial charge in [0.2, 0.25) is 0 Å². The first-order chi connectivity index (χ1) is 52.9. The molecule has 0 aromatic rings. The molecular formula is C90H176O17P2. The molecule has 0 bridgehead atoms. The molecule has 0 aliphatic heterocycles. The van der Waals surface area contributed by atoms with Crippen LogP contribution in [0.3, 0.4) is 0 Å². The summed E-state index contributed by atoms with van der Waals surface area (Å²) < 4.78 is 69.0. The molecule has 0 rings (SSSR count). The summed E-state index contributed by atoms with van der Waals surface area (Å²) in [5.74, 6) is -0.550. The van der Waals surface area contributed by atoms with Gasteiger partial charge in [-0.2, -0.15) is 0 Å². The van der Waals surface area contributed by atoms with Crippen LogP contribution in [0.15, 0.2) is 0 Å². The standard InChI is InChI=1S/C90H176O17P2/c1-7-10-12-14-16-18-20-22-24-26-28-29-34-37-41-45-49-53-60-66-72-87(92)100-78-85(106-89(94)74-68-63-55-51-47-43-39-35-31-30-32-36-40-44-48-52-59-65-71-83(6)9-3)80-104-108(96,97)102-76-84(91)77-103-109(98,99)105-81-86(79-101-88(93)73-67-61-57-56-58-64-70-82(4)5)107-90(95)75-69-62-54-50-46-42-38-33-27-25-23-21-19-17-15-13-11-8-2/h82-86,91H,7-81H2,1-6H3,(H,96,97)(H,98,99)/t83?,84-,85-,86-/m1/s1. The van der Waals surface area contributed by atoms with E-state index in [2.05, 4.69) is 41.5 Å². The Bertz CT molecular complexity index is 2080. The van der Waals surface area contributed by atoms with E-state index in [0.29, 0.717) is 31.6 Å². The van der Waals surface area contributed by atoms with Gasteiger partial charge in [0.05, 0.1) is 26.4 Å². The molecule has 0 aromatic carbocycles. The number of aliphatic hydroxyl groups excluding tert-OH is 1. The van der Waals surface area contributed by atoms with Crippen molar-refractivity contribution in [3.8, 4) is 0 Å². The molecule has 3 N–H and O–H groups in total. The van der Waals surface area contributed by atoms with E-state index in [4.69, 9.17) is 37.0 Å². The number of hydrogen-bond donors (Lipinski definition) is 3. The first-order valence-electron chi connectivity index (χ1n) is 46.5. The van der Waals surface area contributed by atoms with Crippen LogP contribution in [-0.2, 0) is 65.4 Å². The fourth-order valence-electron chi connectivity index (χ4n) is 14.1. The molecule has 0 amide bonds. The number of phosphoric ester groups is 2. The molecular weight excluding hydrogens is 1410 g/mol. The van der Waals surface area contributed by atoms with Crippen molar-refractivity contribution in [2.45, 2.75) is 503 Å². The van der Waals surface area contributed by atoms with Crippen molar-refractivity contribution in [3.63, 3.8) is 0 Å². The second-order valence-corrected chi connectivity index (χ2v) is 36.0. The van der Waals surface area contributed by atoms with Gasteiger partial charge in [0, 0.05) is 25.7 Å². The summed E-state index contributed by atoms with van der Waals surface area (Å²) in [6.45, 7) is 9.68. The van der Waals surface area contributed by atoms with Crippen molar-refractivity contribution >= 4 is 39.5 Å². The largest absolute Gasteiger partial charge is 0.472 e. The highest BCUT2D eigenvalue weighted by Gasteiger charge is 2.31. The Balaban J connectivity index is 5.20. The predicted octanol–water partition coefficient (Wildman–Crippen LogP) is 27.8. The van der Waals surface area contributed by atoms with Crippen molar-refractivity contribution in [1.82, 2.24) is 0 Å². The Hall–Kier alpha value is -1.94. The Morgan fingerprint density at radius 1 is 0.266 bits per heavy atom. The number of carbonyl (C=O) groups excluding carboxylic acids is 4. The van der Waals surface area contributed by atoms with Gasteiger partial charge in [-0.25, -0.2) is 9.13 Å². The fourth-order valence-corrected chi connectivity index (χ4v) is 15.7. The van der Waals surface area contributed by atoms with Gasteiger partial charge in [-0.3, -0.25) is 37.3 Å². The van der Waals surface area contributed by atoms with Gasteiger partial charge in [-0.15, -0.1) is 0 Å². The minimum atomic E-state index is -4.97. The van der Waals surface area contributed by atoms with Crippen molar-refractivity contribution in [1.29, 1.82) is 0 Å². The highest BCUT2D eigenvalue weighted by Crippen LogP contribution is 2.45. The molecule has 0 aliphatic rings. The molecule has 0 spiro atoms. The number of aliphatic hydroxyl groups is 1. The highest BCUT2D eigenvalue weighted by molar-refractivity contribution is 7.47.